The Hall–Kier alpha value is -3.75. The monoisotopic (exact) mass is 451 g/mol. The van der Waals surface area contributed by atoms with Crippen molar-refractivity contribution in [1.82, 2.24) is 20.0 Å². The van der Waals surface area contributed by atoms with Gasteiger partial charge in [0.05, 0.1) is 6.54 Å². The molecule has 2 aliphatic rings. The number of aromatic nitrogens is 2. The van der Waals surface area contributed by atoms with Crippen molar-refractivity contribution in [3.63, 3.8) is 0 Å². The predicted octanol–water partition coefficient (Wildman–Crippen LogP) is 2.85. The lowest BCUT2D eigenvalue weighted by Gasteiger charge is -2.36. The van der Waals surface area contributed by atoms with Gasteiger partial charge in [-0.2, -0.15) is 5.10 Å². The number of hydrogen-bond acceptors (Lipinski definition) is 4. The maximum Gasteiger partial charge on any atom is 0.274 e. The maximum absolute atomic E-state index is 13.2. The number of nitrogens with one attached hydrogen (secondary N) is 1. The van der Waals surface area contributed by atoms with Crippen LogP contribution in [0.5, 0.6) is 0 Å². The van der Waals surface area contributed by atoms with Crippen LogP contribution in [0.2, 0.25) is 0 Å². The van der Waals surface area contributed by atoms with Crippen molar-refractivity contribution >= 4 is 17.5 Å². The van der Waals surface area contributed by atoms with E-state index in [1.807, 2.05) is 0 Å². The fourth-order valence-electron chi connectivity index (χ4n) is 4.39. The minimum absolute atomic E-state index is 0.165. The number of aromatic amines is 1. The normalized spacial score (nSPS) is 16.0. The lowest BCUT2D eigenvalue weighted by atomic mass is 10.0. The number of anilines is 1. The number of rotatable bonds is 3. The molecular weight excluding hydrogens is 428 g/mol. The van der Waals surface area contributed by atoms with Gasteiger partial charge in [-0.3, -0.25) is 14.7 Å². The Balaban J connectivity index is 1.27. The summed E-state index contributed by atoms with van der Waals surface area (Å²) in [5.74, 6) is -1.03. The highest BCUT2D eigenvalue weighted by molar-refractivity contribution is 5.96. The minimum atomic E-state index is -0.394. The Morgan fingerprint density at radius 2 is 1.42 bits per heavy atom. The number of amides is 2. The number of fused-ring (bicyclic) bond motifs is 1. The molecule has 1 fully saturated rings. The van der Waals surface area contributed by atoms with E-state index < -0.39 is 5.82 Å². The van der Waals surface area contributed by atoms with Crippen LogP contribution in [0.4, 0.5) is 14.5 Å². The number of H-pyrrole nitrogens is 1. The zero-order valence-electron chi connectivity index (χ0n) is 17.9. The van der Waals surface area contributed by atoms with Crippen LogP contribution in [0, 0.1) is 11.6 Å². The highest BCUT2D eigenvalue weighted by atomic mass is 19.1. The fraction of sp³-hybridized carbons (Fsp3) is 0.292. The van der Waals surface area contributed by atoms with Gasteiger partial charge in [-0.1, -0.05) is 0 Å². The van der Waals surface area contributed by atoms with E-state index in [1.54, 1.807) is 21.9 Å². The minimum Gasteiger partial charge on any atom is -0.368 e. The van der Waals surface area contributed by atoms with Gasteiger partial charge in [0.15, 0.2) is 5.69 Å². The number of piperazine rings is 1. The second-order valence-corrected chi connectivity index (χ2v) is 8.27. The smallest absolute Gasteiger partial charge is 0.274 e. The molecule has 1 N–H and O–H groups in total. The summed E-state index contributed by atoms with van der Waals surface area (Å²) in [5, 5.41) is 7.24. The van der Waals surface area contributed by atoms with Gasteiger partial charge in [0, 0.05) is 61.7 Å². The molecule has 3 heterocycles. The highest BCUT2D eigenvalue weighted by Gasteiger charge is 2.31. The number of benzene rings is 2. The molecule has 1 saturated heterocycles. The lowest BCUT2D eigenvalue weighted by Crippen LogP contribution is -2.49. The maximum atomic E-state index is 13.2. The summed E-state index contributed by atoms with van der Waals surface area (Å²) < 4.78 is 26.4. The first-order valence-corrected chi connectivity index (χ1v) is 10.9. The molecule has 33 heavy (non-hydrogen) atoms. The molecule has 170 valence electrons. The molecule has 5 rings (SSSR count). The van der Waals surface area contributed by atoms with E-state index in [9.17, 15) is 18.4 Å². The first-order valence-electron chi connectivity index (χ1n) is 10.9. The van der Waals surface area contributed by atoms with Gasteiger partial charge in [0.2, 0.25) is 0 Å². The predicted molar refractivity (Wildman–Crippen MR) is 118 cm³/mol. The van der Waals surface area contributed by atoms with Crippen molar-refractivity contribution in [3.8, 4) is 0 Å². The summed E-state index contributed by atoms with van der Waals surface area (Å²) in [5.41, 5.74) is 3.29. The van der Waals surface area contributed by atoms with E-state index in [0.717, 1.165) is 16.9 Å². The fourth-order valence-corrected chi connectivity index (χ4v) is 4.39. The van der Waals surface area contributed by atoms with Crippen molar-refractivity contribution in [2.45, 2.75) is 13.0 Å². The third-order valence-corrected chi connectivity index (χ3v) is 6.27. The van der Waals surface area contributed by atoms with Crippen molar-refractivity contribution in [1.29, 1.82) is 0 Å². The Labute approximate surface area is 189 Å². The zero-order valence-corrected chi connectivity index (χ0v) is 17.9. The molecule has 0 atom stereocenters. The number of halogens is 2. The first-order chi connectivity index (χ1) is 16.0. The summed E-state index contributed by atoms with van der Waals surface area (Å²) in [6.07, 6.45) is 0.570. The molecule has 7 nitrogen and oxygen atoms in total. The highest BCUT2D eigenvalue weighted by Crippen LogP contribution is 2.24. The SMILES string of the molecule is O=C(c1ccc(F)cc1)N1CCc2[nH]nc(C(=O)N3CCN(c4ccc(F)cc4)CC3)c2C1. The van der Waals surface area contributed by atoms with Crippen LogP contribution in [-0.2, 0) is 13.0 Å². The number of carbonyl (C=O) groups is 2. The van der Waals surface area contributed by atoms with Crippen LogP contribution in [0.25, 0.3) is 0 Å². The molecule has 2 aromatic carbocycles. The molecular formula is C24H23F2N5O2. The van der Waals surface area contributed by atoms with E-state index in [0.29, 0.717) is 50.4 Å². The van der Waals surface area contributed by atoms with Gasteiger partial charge in [-0.05, 0) is 48.5 Å². The Morgan fingerprint density at radius 3 is 2.09 bits per heavy atom. The standard InChI is InChI=1S/C24H23F2N5O2/c25-17-3-1-16(2-4-17)23(32)31-10-9-21-20(15-31)22(28-27-21)24(33)30-13-11-29(12-14-30)19-7-5-18(26)6-8-19/h1-8H,9-15H2,(H,27,28). The molecule has 0 spiro atoms. The summed E-state index contributed by atoms with van der Waals surface area (Å²) in [6.45, 7) is 3.10. The summed E-state index contributed by atoms with van der Waals surface area (Å²) in [4.78, 5) is 31.6. The molecule has 1 aromatic heterocycles. The van der Waals surface area contributed by atoms with Crippen molar-refractivity contribution < 1.29 is 18.4 Å². The van der Waals surface area contributed by atoms with Crippen LogP contribution < -0.4 is 4.90 Å². The average Bonchev–Trinajstić information content (AvgIpc) is 3.27. The van der Waals surface area contributed by atoms with E-state index in [-0.39, 0.29) is 24.2 Å². The van der Waals surface area contributed by atoms with E-state index in [4.69, 9.17) is 0 Å². The Kier molecular flexibility index (Phi) is 5.53. The van der Waals surface area contributed by atoms with Gasteiger partial charge < -0.3 is 14.7 Å². The lowest BCUT2D eigenvalue weighted by molar-refractivity contribution is 0.0709. The Bertz CT molecular complexity index is 1170. The largest absolute Gasteiger partial charge is 0.368 e. The van der Waals surface area contributed by atoms with Gasteiger partial charge in [0.1, 0.15) is 11.6 Å². The van der Waals surface area contributed by atoms with E-state index in [2.05, 4.69) is 15.1 Å². The second-order valence-electron chi connectivity index (χ2n) is 8.27. The van der Waals surface area contributed by atoms with Crippen LogP contribution in [0.15, 0.2) is 48.5 Å². The molecule has 0 aliphatic carbocycles. The van der Waals surface area contributed by atoms with E-state index >= 15 is 0 Å². The van der Waals surface area contributed by atoms with Crippen LogP contribution in [0.3, 0.4) is 0 Å². The van der Waals surface area contributed by atoms with Gasteiger partial charge in [-0.25, -0.2) is 8.78 Å². The topological polar surface area (TPSA) is 72.5 Å². The number of carbonyl (C=O) groups excluding carboxylic acids is 2. The second kappa shape index (κ2) is 8.65. The molecule has 0 bridgehead atoms. The molecule has 0 radical (unpaired) electrons. The van der Waals surface area contributed by atoms with Gasteiger partial charge in [-0.15, -0.1) is 0 Å². The van der Waals surface area contributed by atoms with Gasteiger partial charge >= 0.3 is 0 Å². The molecule has 2 aliphatic heterocycles. The third-order valence-electron chi connectivity index (χ3n) is 6.27. The van der Waals surface area contributed by atoms with Crippen molar-refractivity contribution in [2.24, 2.45) is 0 Å². The quantitative estimate of drug-likeness (QED) is 0.665. The van der Waals surface area contributed by atoms with Crippen molar-refractivity contribution in [3.05, 3.63) is 82.7 Å². The third kappa shape index (κ3) is 4.18. The first kappa shape index (κ1) is 21.1. The number of nitrogens with zero attached hydrogens (tertiary/aromatic N) is 4. The summed E-state index contributed by atoms with van der Waals surface area (Å²) >= 11 is 0. The van der Waals surface area contributed by atoms with Gasteiger partial charge in [0.25, 0.3) is 11.8 Å². The molecule has 0 unspecified atom stereocenters. The molecule has 0 saturated carbocycles. The van der Waals surface area contributed by atoms with Crippen LogP contribution in [0.1, 0.15) is 32.1 Å². The molecule has 3 aromatic rings. The molecule has 2 amide bonds. The Morgan fingerprint density at radius 1 is 0.788 bits per heavy atom. The summed E-state index contributed by atoms with van der Waals surface area (Å²) in [6, 6.07) is 11.8. The van der Waals surface area contributed by atoms with E-state index in [1.165, 1.54) is 36.4 Å². The number of hydrogen-bond donors (Lipinski definition) is 1. The van der Waals surface area contributed by atoms with Crippen LogP contribution >= 0.6 is 0 Å². The van der Waals surface area contributed by atoms with Crippen molar-refractivity contribution in [2.75, 3.05) is 37.6 Å². The van der Waals surface area contributed by atoms with Crippen LogP contribution in [-0.4, -0.2) is 64.5 Å². The average molecular weight is 451 g/mol. The zero-order chi connectivity index (χ0) is 22.9. The summed E-state index contributed by atoms with van der Waals surface area (Å²) in [7, 11) is 0. The molecule has 9 heteroatoms.